The van der Waals surface area contributed by atoms with Crippen molar-refractivity contribution in [3.8, 4) is 11.3 Å². The standard InChI is InChI=1S/C18H27N3O/c1-13(2)17(22)18(3,4)12-19-11-15-10-16(21-20-15)14-8-6-5-7-9-14/h5-10,13,17,19,22H,11-12H2,1-4H3,(H,20,21). The third-order valence-electron chi connectivity index (χ3n) is 4.03. The summed E-state index contributed by atoms with van der Waals surface area (Å²) in [5.41, 5.74) is 2.96. The first-order valence-corrected chi connectivity index (χ1v) is 7.88. The van der Waals surface area contributed by atoms with Gasteiger partial charge in [-0.2, -0.15) is 5.10 Å². The molecule has 4 nitrogen and oxygen atoms in total. The summed E-state index contributed by atoms with van der Waals surface area (Å²) in [4.78, 5) is 0. The number of nitrogens with zero attached hydrogens (tertiary/aromatic N) is 1. The molecular formula is C18H27N3O. The van der Waals surface area contributed by atoms with Crippen LogP contribution in [0.3, 0.4) is 0 Å². The monoisotopic (exact) mass is 301 g/mol. The number of hydrogen-bond acceptors (Lipinski definition) is 3. The second kappa shape index (κ2) is 7.07. The van der Waals surface area contributed by atoms with Crippen LogP contribution in [0, 0.1) is 11.3 Å². The van der Waals surface area contributed by atoms with Crippen molar-refractivity contribution in [3.05, 3.63) is 42.1 Å². The molecule has 4 heteroatoms. The molecule has 0 spiro atoms. The maximum Gasteiger partial charge on any atom is 0.0924 e. The number of hydrogen-bond donors (Lipinski definition) is 3. The van der Waals surface area contributed by atoms with E-state index in [1.54, 1.807) is 0 Å². The van der Waals surface area contributed by atoms with E-state index in [1.807, 2.05) is 32.0 Å². The van der Waals surface area contributed by atoms with E-state index >= 15 is 0 Å². The fourth-order valence-corrected chi connectivity index (χ4v) is 2.74. The zero-order chi connectivity index (χ0) is 16.2. The molecule has 1 heterocycles. The van der Waals surface area contributed by atoms with Gasteiger partial charge in [-0.1, -0.05) is 58.0 Å². The fraction of sp³-hybridized carbons (Fsp3) is 0.500. The molecule has 120 valence electrons. The first kappa shape index (κ1) is 16.7. The summed E-state index contributed by atoms with van der Waals surface area (Å²) in [6.07, 6.45) is -0.318. The van der Waals surface area contributed by atoms with Crippen molar-refractivity contribution in [1.82, 2.24) is 15.5 Å². The number of H-pyrrole nitrogens is 1. The van der Waals surface area contributed by atoms with Gasteiger partial charge in [0, 0.05) is 29.8 Å². The van der Waals surface area contributed by atoms with Crippen LogP contribution in [-0.4, -0.2) is 28.0 Å². The molecule has 2 rings (SSSR count). The van der Waals surface area contributed by atoms with Gasteiger partial charge < -0.3 is 10.4 Å². The van der Waals surface area contributed by atoms with Crippen molar-refractivity contribution in [2.24, 2.45) is 11.3 Å². The molecule has 0 saturated heterocycles. The number of aliphatic hydroxyl groups excluding tert-OH is 1. The molecule has 2 aromatic rings. The lowest BCUT2D eigenvalue weighted by Gasteiger charge is -2.33. The normalized spacial score (nSPS) is 13.5. The lowest BCUT2D eigenvalue weighted by molar-refractivity contribution is 0.0134. The Bertz CT molecular complexity index is 575. The second-order valence-corrected chi connectivity index (χ2v) is 6.93. The van der Waals surface area contributed by atoms with Crippen molar-refractivity contribution in [1.29, 1.82) is 0 Å². The highest BCUT2D eigenvalue weighted by atomic mass is 16.3. The average Bonchev–Trinajstić information content (AvgIpc) is 2.96. The summed E-state index contributed by atoms with van der Waals surface area (Å²) in [7, 11) is 0. The smallest absolute Gasteiger partial charge is 0.0924 e. The molecule has 0 aliphatic heterocycles. The van der Waals surface area contributed by atoms with Crippen LogP contribution >= 0.6 is 0 Å². The van der Waals surface area contributed by atoms with Crippen molar-refractivity contribution in [2.45, 2.75) is 40.3 Å². The lowest BCUT2D eigenvalue weighted by atomic mass is 9.81. The Morgan fingerprint density at radius 3 is 2.55 bits per heavy atom. The van der Waals surface area contributed by atoms with Gasteiger partial charge in [-0.25, -0.2) is 0 Å². The van der Waals surface area contributed by atoms with E-state index in [9.17, 15) is 5.11 Å². The molecule has 0 saturated carbocycles. The topological polar surface area (TPSA) is 60.9 Å². The number of nitrogens with one attached hydrogen (secondary N) is 2. The van der Waals surface area contributed by atoms with Crippen molar-refractivity contribution >= 4 is 0 Å². The minimum Gasteiger partial charge on any atom is -0.392 e. The highest BCUT2D eigenvalue weighted by Crippen LogP contribution is 2.25. The molecule has 0 aliphatic rings. The zero-order valence-electron chi connectivity index (χ0n) is 13.9. The Kier molecular flexibility index (Phi) is 5.37. The molecule has 3 N–H and O–H groups in total. The summed E-state index contributed by atoms with van der Waals surface area (Å²) < 4.78 is 0. The molecule has 1 aromatic heterocycles. The van der Waals surface area contributed by atoms with E-state index in [1.165, 1.54) is 0 Å². The summed E-state index contributed by atoms with van der Waals surface area (Å²) in [5, 5.41) is 21.1. The minimum atomic E-state index is -0.318. The lowest BCUT2D eigenvalue weighted by Crippen LogP contribution is -2.41. The van der Waals surface area contributed by atoms with Crippen molar-refractivity contribution < 1.29 is 5.11 Å². The molecule has 1 atom stereocenters. The van der Waals surface area contributed by atoms with E-state index in [0.29, 0.717) is 6.54 Å². The minimum absolute atomic E-state index is 0.156. The Morgan fingerprint density at radius 2 is 1.91 bits per heavy atom. The molecule has 1 aromatic carbocycles. The zero-order valence-corrected chi connectivity index (χ0v) is 13.9. The fourth-order valence-electron chi connectivity index (χ4n) is 2.74. The predicted molar refractivity (Wildman–Crippen MR) is 90.4 cm³/mol. The van der Waals surface area contributed by atoms with Crippen LogP contribution in [0.1, 0.15) is 33.4 Å². The van der Waals surface area contributed by atoms with Crippen LogP contribution in [0.4, 0.5) is 0 Å². The summed E-state index contributed by atoms with van der Waals surface area (Å²) in [6, 6.07) is 12.2. The highest BCUT2D eigenvalue weighted by molar-refractivity contribution is 5.58. The molecule has 0 amide bonds. The van der Waals surface area contributed by atoms with Crippen LogP contribution in [0.2, 0.25) is 0 Å². The largest absolute Gasteiger partial charge is 0.392 e. The van der Waals surface area contributed by atoms with Gasteiger partial charge in [-0.15, -0.1) is 0 Å². The van der Waals surface area contributed by atoms with Gasteiger partial charge in [0.1, 0.15) is 0 Å². The predicted octanol–water partition coefficient (Wildman–Crippen LogP) is 3.21. The number of aliphatic hydroxyl groups is 1. The average molecular weight is 301 g/mol. The number of aromatic amines is 1. The Labute approximate surface area is 133 Å². The molecule has 0 aliphatic carbocycles. The Hall–Kier alpha value is -1.65. The van der Waals surface area contributed by atoms with Gasteiger partial charge in [0.05, 0.1) is 11.8 Å². The molecule has 0 radical (unpaired) electrons. The van der Waals surface area contributed by atoms with Gasteiger partial charge in [0.2, 0.25) is 0 Å². The van der Waals surface area contributed by atoms with Crippen LogP contribution in [0.15, 0.2) is 36.4 Å². The second-order valence-electron chi connectivity index (χ2n) is 6.93. The van der Waals surface area contributed by atoms with Crippen LogP contribution in [-0.2, 0) is 6.54 Å². The maximum atomic E-state index is 10.2. The van der Waals surface area contributed by atoms with Crippen LogP contribution < -0.4 is 5.32 Å². The third kappa shape index (κ3) is 4.18. The summed E-state index contributed by atoms with van der Waals surface area (Å²) in [6.45, 7) is 9.75. The Balaban J connectivity index is 1.89. The molecule has 1 unspecified atom stereocenters. The molecule has 0 bridgehead atoms. The number of benzene rings is 1. The SMILES string of the molecule is CC(C)C(O)C(C)(C)CNCc1cc(-c2ccccc2)n[nH]1. The van der Waals surface area contributed by atoms with E-state index in [-0.39, 0.29) is 17.4 Å². The van der Waals surface area contributed by atoms with Crippen molar-refractivity contribution in [3.63, 3.8) is 0 Å². The first-order valence-electron chi connectivity index (χ1n) is 7.88. The molecule has 0 fully saturated rings. The first-order chi connectivity index (χ1) is 10.4. The quantitative estimate of drug-likeness (QED) is 0.736. The maximum absolute atomic E-state index is 10.2. The van der Waals surface area contributed by atoms with E-state index < -0.39 is 0 Å². The van der Waals surface area contributed by atoms with Crippen LogP contribution in [0.5, 0.6) is 0 Å². The van der Waals surface area contributed by atoms with Gasteiger partial charge in [-0.05, 0) is 12.0 Å². The summed E-state index contributed by atoms with van der Waals surface area (Å²) >= 11 is 0. The van der Waals surface area contributed by atoms with Crippen LogP contribution in [0.25, 0.3) is 11.3 Å². The summed E-state index contributed by atoms with van der Waals surface area (Å²) in [5.74, 6) is 0.258. The van der Waals surface area contributed by atoms with E-state index in [2.05, 4.69) is 47.6 Å². The highest BCUT2D eigenvalue weighted by Gasteiger charge is 2.29. The third-order valence-corrected chi connectivity index (χ3v) is 4.03. The molecular weight excluding hydrogens is 274 g/mol. The van der Waals surface area contributed by atoms with E-state index in [4.69, 9.17) is 0 Å². The Morgan fingerprint density at radius 1 is 1.23 bits per heavy atom. The van der Waals surface area contributed by atoms with Crippen molar-refractivity contribution in [2.75, 3.05) is 6.54 Å². The van der Waals surface area contributed by atoms with E-state index in [0.717, 1.165) is 23.5 Å². The van der Waals surface area contributed by atoms with Gasteiger partial charge in [-0.3, -0.25) is 5.10 Å². The number of rotatable bonds is 7. The van der Waals surface area contributed by atoms with Gasteiger partial charge >= 0.3 is 0 Å². The van der Waals surface area contributed by atoms with Gasteiger partial charge in [0.25, 0.3) is 0 Å². The number of aromatic nitrogens is 2. The molecule has 22 heavy (non-hydrogen) atoms. The van der Waals surface area contributed by atoms with Gasteiger partial charge in [0.15, 0.2) is 0 Å².